The van der Waals surface area contributed by atoms with E-state index in [1.165, 1.54) is 12.3 Å². The summed E-state index contributed by atoms with van der Waals surface area (Å²) in [5.41, 5.74) is 1.62. The van der Waals surface area contributed by atoms with Crippen LogP contribution in [0.4, 0.5) is 0 Å². The monoisotopic (exact) mass is 244 g/mol. The molecular weight excluding hydrogens is 232 g/mol. The zero-order chi connectivity index (χ0) is 13.3. The summed E-state index contributed by atoms with van der Waals surface area (Å²) in [4.78, 5) is 26.5. The third-order valence-corrected chi connectivity index (χ3v) is 2.61. The van der Waals surface area contributed by atoms with Gasteiger partial charge in [0.15, 0.2) is 5.43 Å². The van der Waals surface area contributed by atoms with E-state index in [2.05, 4.69) is 4.98 Å². The minimum Gasteiger partial charge on any atom is -0.477 e. The number of carboxylic acids is 1. The van der Waals surface area contributed by atoms with Gasteiger partial charge in [0.05, 0.1) is 11.9 Å². The topological polar surface area (TPSA) is 72.2 Å². The fraction of sp³-hybridized carbons (Fsp3) is 0.154. The summed E-state index contributed by atoms with van der Waals surface area (Å²) in [6.07, 6.45) is 4.66. The number of aryl methyl sites for hydroxylation is 2. The first-order chi connectivity index (χ1) is 8.49. The Morgan fingerprint density at radius 1 is 1.28 bits per heavy atom. The maximum atomic E-state index is 11.5. The van der Waals surface area contributed by atoms with Crippen LogP contribution in [0, 0.1) is 13.8 Å². The van der Waals surface area contributed by atoms with E-state index in [1.54, 1.807) is 23.9 Å². The lowest BCUT2D eigenvalue weighted by Gasteiger charge is -2.11. The number of carbonyl (C=O) groups is 1. The molecule has 92 valence electrons. The predicted octanol–water partition coefficient (Wildman–Crippen LogP) is 1.55. The Bertz CT molecular complexity index is 674. The van der Waals surface area contributed by atoms with Crippen LogP contribution < -0.4 is 5.43 Å². The van der Waals surface area contributed by atoms with Crippen molar-refractivity contribution < 1.29 is 9.90 Å². The summed E-state index contributed by atoms with van der Waals surface area (Å²) in [7, 11) is 0. The Kier molecular flexibility index (Phi) is 2.97. The maximum absolute atomic E-state index is 11.5. The number of nitrogens with zero attached hydrogens (tertiary/aromatic N) is 2. The summed E-state index contributed by atoms with van der Waals surface area (Å²) in [5.74, 6) is -1.23. The van der Waals surface area contributed by atoms with Crippen molar-refractivity contribution in [3.05, 3.63) is 57.8 Å². The highest BCUT2D eigenvalue weighted by atomic mass is 16.4. The standard InChI is InChI=1S/C13H12N2O3/c1-8-3-10(6-14-5-8)15-7-11(13(17)18)12(16)4-9(15)2/h3-7H,1-2H3,(H,17,18). The van der Waals surface area contributed by atoms with E-state index in [4.69, 9.17) is 5.11 Å². The first kappa shape index (κ1) is 12.0. The molecule has 0 aliphatic carbocycles. The molecule has 2 heterocycles. The van der Waals surface area contributed by atoms with E-state index in [9.17, 15) is 9.59 Å². The minimum atomic E-state index is -1.23. The number of carboxylic acid groups (broad SMARTS) is 1. The van der Waals surface area contributed by atoms with Crippen LogP contribution in [0.3, 0.4) is 0 Å². The van der Waals surface area contributed by atoms with Gasteiger partial charge in [-0.2, -0.15) is 0 Å². The van der Waals surface area contributed by atoms with Crippen LogP contribution in [-0.4, -0.2) is 20.6 Å². The number of rotatable bonds is 2. The van der Waals surface area contributed by atoms with Crippen molar-refractivity contribution in [2.75, 3.05) is 0 Å². The van der Waals surface area contributed by atoms with Crippen molar-refractivity contribution in [2.24, 2.45) is 0 Å². The second-order valence-corrected chi connectivity index (χ2v) is 4.09. The second-order valence-electron chi connectivity index (χ2n) is 4.09. The normalized spacial score (nSPS) is 10.3. The van der Waals surface area contributed by atoms with Crippen LogP contribution in [0.25, 0.3) is 5.69 Å². The molecule has 0 aliphatic rings. The molecule has 0 radical (unpaired) electrons. The van der Waals surface area contributed by atoms with Gasteiger partial charge in [0.1, 0.15) is 5.56 Å². The van der Waals surface area contributed by atoms with Crippen LogP contribution in [0.2, 0.25) is 0 Å². The molecule has 2 aromatic rings. The number of aromatic carboxylic acids is 1. The first-order valence-corrected chi connectivity index (χ1v) is 5.37. The van der Waals surface area contributed by atoms with Gasteiger partial charge in [0.2, 0.25) is 0 Å². The van der Waals surface area contributed by atoms with Crippen molar-refractivity contribution >= 4 is 5.97 Å². The van der Waals surface area contributed by atoms with Crippen LogP contribution in [0.15, 0.2) is 35.5 Å². The van der Waals surface area contributed by atoms with E-state index in [-0.39, 0.29) is 5.56 Å². The fourth-order valence-corrected chi connectivity index (χ4v) is 1.74. The molecule has 0 saturated heterocycles. The largest absolute Gasteiger partial charge is 0.477 e. The lowest BCUT2D eigenvalue weighted by molar-refractivity contribution is 0.0695. The molecule has 5 heteroatoms. The smallest absolute Gasteiger partial charge is 0.341 e. The minimum absolute atomic E-state index is 0.248. The van der Waals surface area contributed by atoms with Crippen molar-refractivity contribution in [1.29, 1.82) is 0 Å². The molecule has 0 bridgehead atoms. The molecule has 0 spiro atoms. The molecule has 0 saturated carbocycles. The highest BCUT2D eigenvalue weighted by Crippen LogP contribution is 2.11. The van der Waals surface area contributed by atoms with Crippen molar-refractivity contribution in [2.45, 2.75) is 13.8 Å². The molecule has 2 aromatic heterocycles. The Labute approximate surface area is 103 Å². The molecule has 1 N–H and O–H groups in total. The molecule has 2 rings (SSSR count). The van der Waals surface area contributed by atoms with E-state index in [1.807, 2.05) is 13.0 Å². The van der Waals surface area contributed by atoms with E-state index < -0.39 is 11.4 Å². The lowest BCUT2D eigenvalue weighted by atomic mass is 10.2. The van der Waals surface area contributed by atoms with Crippen LogP contribution in [0.1, 0.15) is 21.6 Å². The van der Waals surface area contributed by atoms with Gasteiger partial charge >= 0.3 is 5.97 Å². The van der Waals surface area contributed by atoms with Gasteiger partial charge in [-0.3, -0.25) is 9.78 Å². The molecule has 0 fully saturated rings. The zero-order valence-corrected chi connectivity index (χ0v) is 10.0. The van der Waals surface area contributed by atoms with E-state index in [0.717, 1.165) is 11.3 Å². The first-order valence-electron chi connectivity index (χ1n) is 5.37. The number of hydrogen-bond acceptors (Lipinski definition) is 3. The van der Waals surface area contributed by atoms with Gasteiger partial charge in [-0.15, -0.1) is 0 Å². The van der Waals surface area contributed by atoms with E-state index >= 15 is 0 Å². The summed E-state index contributed by atoms with van der Waals surface area (Å²) in [6.45, 7) is 3.64. The van der Waals surface area contributed by atoms with Gasteiger partial charge in [-0.25, -0.2) is 4.79 Å². The molecule has 0 amide bonds. The summed E-state index contributed by atoms with van der Waals surface area (Å²) < 4.78 is 1.64. The summed E-state index contributed by atoms with van der Waals surface area (Å²) in [5, 5.41) is 8.95. The van der Waals surface area contributed by atoms with Gasteiger partial charge in [-0.1, -0.05) is 0 Å². The predicted molar refractivity (Wildman–Crippen MR) is 66.3 cm³/mol. The van der Waals surface area contributed by atoms with Crippen molar-refractivity contribution in [3.63, 3.8) is 0 Å². The quantitative estimate of drug-likeness (QED) is 0.869. The van der Waals surface area contributed by atoms with Gasteiger partial charge in [0, 0.05) is 24.2 Å². The SMILES string of the molecule is Cc1cncc(-n2cc(C(=O)O)c(=O)cc2C)c1. The Balaban J connectivity index is 2.68. The Morgan fingerprint density at radius 3 is 2.61 bits per heavy atom. The van der Waals surface area contributed by atoms with Gasteiger partial charge < -0.3 is 9.67 Å². The molecule has 0 aromatic carbocycles. The van der Waals surface area contributed by atoms with Crippen LogP contribution in [0.5, 0.6) is 0 Å². The average molecular weight is 244 g/mol. The molecule has 0 unspecified atom stereocenters. The van der Waals surface area contributed by atoms with Crippen LogP contribution >= 0.6 is 0 Å². The Morgan fingerprint density at radius 2 is 2.00 bits per heavy atom. The molecule has 0 aliphatic heterocycles. The third kappa shape index (κ3) is 2.15. The van der Waals surface area contributed by atoms with Gasteiger partial charge in [-0.05, 0) is 25.5 Å². The maximum Gasteiger partial charge on any atom is 0.341 e. The molecular formula is C13H12N2O3. The lowest BCUT2D eigenvalue weighted by Crippen LogP contribution is -2.18. The number of pyridine rings is 2. The number of aromatic nitrogens is 2. The third-order valence-electron chi connectivity index (χ3n) is 2.61. The zero-order valence-electron chi connectivity index (χ0n) is 10.0. The molecule has 5 nitrogen and oxygen atoms in total. The van der Waals surface area contributed by atoms with Crippen molar-refractivity contribution in [1.82, 2.24) is 9.55 Å². The second kappa shape index (κ2) is 4.44. The van der Waals surface area contributed by atoms with E-state index in [0.29, 0.717) is 5.69 Å². The molecule has 18 heavy (non-hydrogen) atoms. The van der Waals surface area contributed by atoms with Crippen LogP contribution in [-0.2, 0) is 0 Å². The average Bonchev–Trinajstić information content (AvgIpc) is 2.28. The number of hydrogen-bond donors (Lipinski definition) is 1. The summed E-state index contributed by atoms with van der Waals surface area (Å²) >= 11 is 0. The van der Waals surface area contributed by atoms with Gasteiger partial charge in [0.25, 0.3) is 0 Å². The van der Waals surface area contributed by atoms with Crippen molar-refractivity contribution in [3.8, 4) is 5.69 Å². The Hall–Kier alpha value is -2.43. The highest BCUT2D eigenvalue weighted by molar-refractivity contribution is 5.87. The highest BCUT2D eigenvalue weighted by Gasteiger charge is 2.11. The summed E-state index contributed by atoms with van der Waals surface area (Å²) in [6, 6.07) is 3.18. The fourth-order valence-electron chi connectivity index (χ4n) is 1.74. The molecule has 0 atom stereocenters.